The van der Waals surface area contributed by atoms with Crippen LogP contribution in [0.15, 0.2) is 42.7 Å². The first-order valence-corrected chi connectivity index (χ1v) is 11.9. The molecule has 4 nitrogen and oxygen atoms in total. The van der Waals surface area contributed by atoms with E-state index in [1.165, 1.54) is 44.2 Å². The van der Waals surface area contributed by atoms with Crippen LogP contribution in [0.25, 0.3) is 6.08 Å². The number of rotatable bonds is 3. The Bertz CT molecular complexity index is 996. The standard InChI is InChI=1S/C26H30FN3O/c27-17-3-1-16(2-4-17)15-29-26(31)23-8-7-18-19-9-11-24-22(20(19)5-6-21(18)23)10-12-25-28-13-14-30(24)25/h1-4,10,12-14,18-24H,5-9,11,15H2,(H,29,31)/t18-,19-,20-,21-,22+,23+,24?/m0/s1. The van der Waals surface area contributed by atoms with Gasteiger partial charge in [-0.15, -0.1) is 0 Å². The van der Waals surface area contributed by atoms with Crippen molar-refractivity contribution in [2.24, 2.45) is 35.5 Å². The number of benzene rings is 1. The molecule has 1 N–H and O–H groups in total. The second-order valence-corrected chi connectivity index (χ2v) is 10.0. The smallest absolute Gasteiger partial charge is 0.223 e. The average Bonchev–Trinajstić information content (AvgIpc) is 3.45. The molecule has 4 aliphatic rings. The van der Waals surface area contributed by atoms with Crippen molar-refractivity contribution >= 4 is 12.0 Å². The predicted molar refractivity (Wildman–Crippen MR) is 117 cm³/mol. The number of allylic oxidation sites excluding steroid dienone is 1. The molecule has 3 fully saturated rings. The molecule has 1 aromatic carbocycles. The number of nitrogens with one attached hydrogen (secondary N) is 1. The van der Waals surface area contributed by atoms with E-state index in [1.54, 1.807) is 12.1 Å². The molecule has 2 heterocycles. The Kier molecular flexibility index (Phi) is 4.73. The molecule has 3 saturated carbocycles. The van der Waals surface area contributed by atoms with Gasteiger partial charge in [-0.05, 0) is 86.0 Å². The molecule has 0 radical (unpaired) electrons. The summed E-state index contributed by atoms with van der Waals surface area (Å²) >= 11 is 0. The largest absolute Gasteiger partial charge is 0.352 e. The molecule has 0 bridgehead atoms. The maximum atomic E-state index is 13.1. The first kappa shape index (κ1) is 19.3. The third-order valence-electron chi connectivity index (χ3n) is 8.79. The van der Waals surface area contributed by atoms with Crippen molar-refractivity contribution in [2.45, 2.75) is 51.1 Å². The van der Waals surface area contributed by atoms with E-state index >= 15 is 0 Å². The van der Waals surface area contributed by atoms with Crippen molar-refractivity contribution in [2.75, 3.05) is 0 Å². The summed E-state index contributed by atoms with van der Waals surface area (Å²) in [6.07, 6.45) is 15.9. The van der Waals surface area contributed by atoms with Crippen LogP contribution in [0, 0.1) is 41.3 Å². The van der Waals surface area contributed by atoms with Crippen LogP contribution in [-0.2, 0) is 11.3 Å². The molecule has 0 spiro atoms. The predicted octanol–water partition coefficient (Wildman–Crippen LogP) is 4.99. The highest BCUT2D eigenvalue weighted by molar-refractivity contribution is 5.79. The van der Waals surface area contributed by atoms with Gasteiger partial charge in [-0.1, -0.05) is 18.2 Å². The number of hydrogen-bond donors (Lipinski definition) is 1. The van der Waals surface area contributed by atoms with Gasteiger partial charge in [0.25, 0.3) is 0 Å². The van der Waals surface area contributed by atoms with Crippen LogP contribution in [0.4, 0.5) is 4.39 Å². The van der Waals surface area contributed by atoms with Gasteiger partial charge in [-0.2, -0.15) is 0 Å². The minimum atomic E-state index is -0.239. The van der Waals surface area contributed by atoms with Gasteiger partial charge in [0, 0.05) is 36.8 Å². The van der Waals surface area contributed by atoms with Gasteiger partial charge >= 0.3 is 0 Å². The van der Waals surface area contributed by atoms with E-state index in [0.717, 1.165) is 29.6 Å². The van der Waals surface area contributed by atoms with Gasteiger partial charge in [0.05, 0.1) is 0 Å². The Morgan fingerprint density at radius 2 is 1.74 bits per heavy atom. The van der Waals surface area contributed by atoms with Crippen molar-refractivity contribution in [1.29, 1.82) is 0 Å². The summed E-state index contributed by atoms with van der Waals surface area (Å²) < 4.78 is 15.5. The summed E-state index contributed by atoms with van der Waals surface area (Å²) in [5.41, 5.74) is 0.953. The van der Waals surface area contributed by atoms with Crippen LogP contribution in [-0.4, -0.2) is 15.5 Å². The Labute approximate surface area is 182 Å². The van der Waals surface area contributed by atoms with E-state index in [0.29, 0.717) is 30.3 Å². The molecule has 162 valence electrons. The van der Waals surface area contributed by atoms with Crippen molar-refractivity contribution in [3.63, 3.8) is 0 Å². The lowest BCUT2D eigenvalue weighted by atomic mass is 9.56. The molecular formula is C26H30FN3O. The molecule has 0 saturated heterocycles. The lowest BCUT2D eigenvalue weighted by molar-refractivity contribution is -0.127. The van der Waals surface area contributed by atoms with Crippen molar-refractivity contribution in [3.05, 3.63) is 59.9 Å². The highest BCUT2D eigenvalue weighted by atomic mass is 19.1. The molecule has 1 aliphatic heterocycles. The normalized spacial score (nSPS) is 35.6. The van der Waals surface area contributed by atoms with Crippen LogP contribution in [0.5, 0.6) is 0 Å². The lowest BCUT2D eigenvalue weighted by Gasteiger charge is -2.51. The van der Waals surface area contributed by atoms with Gasteiger partial charge < -0.3 is 9.88 Å². The molecule has 6 rings (SSSR count). The zero-order chi connectivity index (χ0) is 20.9. The number of halogens is 1. The van der Waals surface area contributed by atoms with E-state index in [2.05, 4.69) is 33.2 Å². The van der Waals surface area contributed by atoms with Gasteiger partial charge in [-0.3, -0.25) is 4.79 Å². The summed E-state index contributed by atoms with van der Waals surface area (Å²) in [5, 5.41) is 3.14. The molecule has 3 aliphatic carbocycles. The van der Waals surface area contributed by atoms with Gasteiger partial charge in [0.1, 0.15) is 11.6 Å². The first-order valence-electron chi connectivity index (χ1n) is 11.9. The average molecular weight is 420 g/mol. The third kappa shape index (κ3) is 3.24. The highest BCUT2D eigenvalue weighted by Gasteiger charge is 2.52. The highest BCUT2D eigenvalue weighted by Crippen LogP contribution is 2.58. The minimum Gasteiger partial charge on any atom is -0.352 e. The van der Waals surface area contributed by atoms with Crippen LogP contribution < -0.4 is 5.32 Å². The van der Waals surface area contributed by atoms with E-state index in [-0.39, 0.29) is 17.6 Å². The number of imidazole rings is 1. The molecular weight excluding hydrogens is 389 g/mol. The second kappa shape index (κ2) is 7.61. The van der Waals surface area contributed by atoms with E-state index in [1.807, 2.05) is 6.20 Å². The monoisotopic (exact) mass is 419 g/mol. The van der Waals surface area contributed by atoms with E-state index in [4.69, 9.17) is 0 Å². The maximum absolute atomic E-state index is 13.1. The third-order valence-corrected chi connectivity index (χ3v) is 8.79. The molecule has 2 aromatic rings. The van der Waals surface area contributed by atoms with Crippen LogP contribution in [0.1, 0.15) is 56.0 Å². The fraction of sp³-hybridized carbons (Fsp3) is 0.538. The Morgan fingerprint density at radius 1 is 1.00 bits per heavy atom. The molecule has 1 aromatic heterocycles. The number of carbonyl (C=O) groups excluding carboxylic acids is 1. The Balaban J connectivity index is 1.13. The summed E-state index contributed by atoms with van der Waals surface area (Å²) in [4.78, 5) is 17.5. The van der Waals surface area contributed by atoms with Gasteiger partial charge in [-0.25, -0.2) is 9.37 Å². The SMILES string of the molecule is O=C(NCc1ccc(F)cc1)[C@@H]1CC[C@H]2[C@@H]3CCC4[C@H](C=Cc5nccn54)[C@H]3CC[C@@H]21. The van der Waals surface area contributed by atoms with Crippen molar-refractivity contribution < 1.29 is 9.18 Å². The fourth-order valence-corrected chi connectivity index (χ4v) is 7.48. The molecule has 31 heavy (non-hydrogen) atoms. The van der Waals surface area contributed by atoms with Crippen LogP contribution >= 0.6 is 0 Å². The minimum absolute atomic E-state index is 0.145. The fourth-order valence-electron chi connectivity index (χ4n) is 7.48. The number of aromatic nitrogens is 2. The van der Waals surface area contributed by atoms with Gasteiger partial charge in [0.15, 0.2) is 0 Å². The number of hydrogen-bond acceptors (Lipinski definition) is 2. The van der Waals surface area contributed by atoms with Gasteiger partial charge in [0.2, 0.25) is 5.91 Å². The molecule has 5 heteroatoms. The van der Waals surface area contributed by atoms with E-state index < -0.39 is 0 Å². The van der Waals surface area contributed by atoms with Crippen LogP contribution in [0.3, 0.4) is 0 Å². The van der Waals surface area contributed by atoms with E-state index in [9.17, 15) is 9.18 Å². The topological polar surface area (TPSA) is 46.9 Å². The quantitative estimate of drug-likeness (QED) is 0.762. The summed E-state index contributed by atoms with van der Waals surface area (Å²) in [6.45, 7) is 0.487. The van der Waals surface area contributed by atoms with Crippen LogP contribution in [0.2, 0.25) is 0 Å². The maximum Gasteiger partial charge on any atom is 0.223 e. The number of amides is 1. The zero-order valence-electron chi connectivity index (χ0n) is 17.8. The summed E-state index contributed by atoms with van der Waals surface area (Å²) in [7, 11) is 0. The van der Waals surface area contributed by atoms with Crippen molar-refractivity contribution in [3.8, 4) is 0 Å². The number of fused-ring (bicyclic) bond motifs is 7. The Morgan fingerprint density at radius 3 is 2.61 bits per heavy atom. The summed E-state index contributed by atoms with van der Waals surface area (Å²) in [5.74, 6) is 4.55. The van der Waals surface area contributed by atoms with Crippen molar-refractivity contribution in [1.82, 2.24) is 14.9 Å². The first-order chi connectivity index (χ1) is 15.2. The molecule has 1 unspecified atom stereocenters. The molecule has 7 atom stereocenters. The summed E-state index contributed by atoms with van der Waals surface area (Å²) in [6, 6.07) is 6.98. The Hall–Kier alpha value is -2.43. The molecule has 1 amide bonds. The number of nitrogens with zero attached hydrogens (tertiary/aromatic N) is 2. The second-order valence-electron chi connectivity index (χ2n) is 10.0. The number of carbonyl (C=O) groups is 1. The zero-order valence-corrected chi connectivity index (χ0v) is 17.8. The lowest BCUT2D eigenvalue weighted by Crippen LogP contribution is -2.45.